The molecule has 0 bridgehead atoms. The summed E-state index contributed by atoms with van der Waals surface area (Å²) in [7, 11) is 0. The van der Waals surface area contributed by atoms with Gasteiger partial charge in [-0.1, -0.05) is 6.07 Å². The van der Waals surface area contributed by atoms with Crippen molar-refractivity contribution in [2.24, 2.45) is 0 Å². The molecule has 0 fully saturated rings. The van der Waals surface area contributed by atoms with Crippen molar-refractivity contribution in [3.63, 3.8) is 0 Å². The summed E-state index contributed by atoms with van der Waals surface area (Å²) in [5, 5.41) is 18.0. The molecule has 0 aromatic heterocycles. The lowest BCUT2D eigenvalue weighted by Crippen LogP contribution is -1.99. The summed E-state index contributed by atoms with van der Waals surface area (Å²) < 4.78 is 18.6. The van der Waals surface area contributed by atoms with E-state index in [-0.39, 0.29) is 17.9 Å². The molecule has 0 radical (unpaired) electrons. The molecule has 0 saturated carbocycles. The normalized spacial score (nSPS) is 10.4. The minimum Gasteiger partial charge on any atom is -0.508 e. The van der Waals surface area contributed by atoms with Gasteiger partial charge in [0.05, 0.1) is 0 Å². The molecule has 0 heterocycles. The van der Waals surface area contributed by atoms with Crippen molar-refractivity contribution < 1.29 is 24.1 Å². The Balaban J connectivity index is 2.14. The van der Waals surface area contributed by atoms with Gasteiger partial charge in [-0.3, -0.25) is 4.79 Å². The fourth-order valence-electron chi connectivity index (χ4n) is 2.00. The predicted octanol–water partition coefficient (Wildman–Crippen LogP) is 3.65. The first-order valence-corrected chi connectivity index (χ1v) is 6.43. The Labute approximate surface area is 121 Å². The zero-order valence-electron chi connectivity index (χ0n) is 11.5. The molecule has 2 rings (SSSR count). The second-order valence-corrected chi connectivity index (χ2v) is 4.73. The van der Waals surface area contributed by atoms with Crippen LogP contribution in [0.1, 0.15) is 17.5 Å². The molecular formula is C16H15FO4. The van der Waals surface area contributed by atoms with Gasteiger partial charge in [-0.2, -0.15) is 0 Å². The van der Waals surface area contributed by atoms with E-state index in [9.17, 15) is 14.3 Å². The van der Waals surface area contributed by atoms with E-state index in [1.165, 1.54) is 12.1 Å². The van der Waals surface area contributed by atoms with Gasteiger partial charge in [0.15, 0.2) is 0 Å². The first-order valence-electron chi connectivity index (χ1n) is 6.43. The molecule has 0 unspecified atom stereocenters. The van der Waals surface area contributed by atoms with E-state index in [0.717, 1.165) is 17.2 Å². The van der Waals surface area contributed by atoms with E-state index in [4.69, 9.17) is 9.84 Å². The maximum atomic E-state index is 13.2. The van der Waals surface area contributed by atoms with Crippen LogP contribution in [0.4, 0.5) is 4.39 Å². The molecule has 4 nitrogen and oxygen atoms in total. The first kappa shape index (κ1) is 14.8. The van der Waals surface area contributed by atoms with Crippen LogP contribution in [-0.4, -0.2) is 16.2 Å². The molecule has 21 heavy (non-hydrogen) atoms. The zero-order valence-corrected chi connectivity index (χ0v) is 11.5. The highest BCUT2D eigenvalue weighted by Crippen LogP contribution is 2.27. The van der Waals surface area contributed by atoms with E-state index in [1.54, 1.807) is 18.2 Å². The average Bonchev–Trinajstić information content (AvgIpc) is 2.36. The second-order valence-electron chi connectivity index (χ2n) is 4.73. The average molecular weight is 290 g/mol. The lowest BCUT2D eigenvalue weighted by Gasteiger charge is -2.10. The van der Waals surface area contributed by atoms with Crippen LogP contribution in [-0.2, 0) is 11.2 Å². The number of benzene rings is 2. The Hall–Kier alpha value is -2.56. The monoisotopic (exact) mass is 290 g/mol. The van der Waals surface area contributed by atoms with E-state index in [2.05, 4.69) is 0 Å². The number of halogens is 1. The lowest BCUT2D eigenvalue weighted by molar-refractivity contribution is -0.136. The number of ether oxygens (including phenoxy) is 1. The number of aromatic hydroxyl groups is 1. The van der Waals surface area contributed by atoms with Gasteiger partial charge in [0.1, 0.15) is 23.1 Å². The van der Waals surface area contributed by atoms with Gasteiger partial charge in [-0.25, -0.2) is 4.39 Å². The maximum Gasteiger partial charge on any atom is 0.303 e. The number of aliphatic carboxylic acids is 1. The van der Waals surface area contributed by atoms with Gasteiger partial charge >= 0.3 is 5.97 Å². The maximum absolute atomic E-state index is 13.2. The van der Waals surface area contributed by atoms with Crippen LogP contribution in [0.3, 0.4) is 0 Å². The van der Waals surface area contributed by atoms with Crippen LogP contribution in [0.25, 0.3) is 0 Å². The molecule has 0 atom stereocenters. The molecule has 2 N–H and O–H groups in total. The smallest absolute Gasteiger partial charge is 0.303 e. The molecule has 110 valence electrons. The standard InChI is InChI=1S/C16H15FO4/c1-10-6-14(4-2-11(10)3-5-16(19)20)21-15-8-12(17)7-13(18)9-15/h2,4,6-9,18H,3,5H2,1H3,(H,19,20). The van der Waals surface area contributed by atoms with Crippen molar-refractivity contribution in [2.75, 3.05) is 0 Å². The van der Waals surface area contributed by atoms with E-state index >= 15 is 0 Å². The Morgan fingerprint density at radius 2 is 1.95 bits per heavy atom. The Kier molecular flexibility index (Phi) is 4.42. The zero-order chi connectivity index (χ0) is 15.4. The molecule has 2 aromatic rings. The van der Waals surface area contributed by atoms with Crippen molar-refractivity contribution in [1.29, 1.82) is 0 Å². The summed E-state index contributed by atoms with van der Waals surface area (Å²) in [5.41, 5.74) is 1.82. The molecule has 5 heteroatoms. The number of phenolic OH excluding ortho intramolecular Hbond substituents is 1. The van der Waals surface area contributed by atoms with Gasteiger partial charge in [0, 0.05) is 24.6 Å². The number of rotatable bonds is 5. The number of hydrogen-bond donors (Lipinski definition) is 2. The third-order valence-corrected chi connectivity index (χ3v) is 3.01. The van der Waals surface area contributed by atoms with Crippen molar-refractivity contribution in [3.8, 4) is 17.2 Å². The summed E-state index contributed by atoms with van der Waals surface area (Å²) in [4.78, 5) is 10.6. The Morgan fingerprint density at radius 1 is 1.19 bits per heavy atom. The third kappa shape index (κ3) is 4.21. The molecule has 0 amide bonds. The molecule has 0 aliphatic carbocycles. The molecular weight excluding hydrogens is 275 g/mol. The van der Waals surface area contributed by atoms with E-state index in [1.807, 2.05) is 6.92 Å². The summed E-state index contributed by atoms with van der Waals surface area (Å²) in [6.45, 7) is 1.85. The SMILES string of the molecule is Cc1cc(Oc2cc(O)cc(F)c2)ccc1CCC(=O)O. The van der Waals surface area contributed by atoms with Gasteiger partial charge in [-0.15, -0.1) is 0 Å². The van der Waals surface area contributed by atoms with Crippen molar-refractivity contribution in [1.82, 2.24) is 0 Å². The van der Waals surface area contributed by atoms with E-state index in [0.29, 0.717) is 12.2 Å². The number of carboxylic acid groups (broad SMARTS) is 1. The lowest BCUT2D eigenvalue weighted by atomic mass is 10.0. The third-order valence-electron chi connectivity index (χ3n) is 3.01. The number of hydrogen-bond acceptors (Lipinski definition) is 3. The van der Waals surface area contributed by atoms with E-state index < -0.39 is 11.8 Å². The minimum absolute atomic E-state index is 0.0683. The Morgan fingerprint density at radius 3 is 2.57 bits per heavy atom. The first-order chi connectivity index (χ1) is 9.94. The fraction of sp³-hybridized carbons (Fsp3) is 0.188. The van der Waals surface area contributed by atoms with Crippen molar-refractivity contribution >= 4 is 5.97 Å². The van der Waals surface area contributed by atoms with Crippen LogP contribution in [0.5, 0.6) is 17.2 Å². The summed E-state index contributed by atoms with van der Waals surface area (Å²) >= 11 is 0. The van der Waals surface area contributed by atoms with Gasteiger partial charge in [-0.05, 0) is 36.6 Å². The van der Waals surface area contributed by atoms with Gasteiger partial charge in [0.25, 0.3) is 0 Å². The molecule has 2 aromatic carbocycles. The topological polar surface area (TPSA) is 66.8 Å². The molecule has 0 aliphatic heterocycles. The van der Waals surface area contributed by atoms with Gasteiger partial charge in [0.2, 0.25) is 0 Å². The molecule has 0 spiro atoms. The summed E-state index contributed by atoms with van der Waals surface area (Å²) in [5.74, 6) is -0.939. The van der Waals surface area contributed by atoms with Crippen molar-refractivity contribution in [2.45, 2.75) is 19.8 Å². The van der Waals surface area contributed by atoms with Gasteiger partial charge < -0.3 is 14.9 Å². The summed E-state index contributed by atoms with van der Waals surface area (Å²) in [6.07, 6.45) is 0.515. The van der Waals surface area contributed by atoms with Crippen LogP contribution < -0.4 is 4.74 Å². The highest BCUT2D eigenvalue weighted by atomic mass is 19.1. The summed E-state index contributed by atoms with van der Waals surface area (Å²) in [6, 6.07) is 8.70. The van der Waals surface area contributed by atoms with Crippen LogP contribution in [0.2, 0.25) is 0 Å². The number of phenols is 1. The van der Waals surface area contributed by atoms with Crippen LogP contribution >= 0.6 is 0 Å². The Bertz CT molecular complexity index is 647. The number of carbonyl (C=O) groups is 1. The highest BCUT2D eigenvalue weighted by molar-refractivity contribution is 5.67. The minimum atomic E-state index is -0.843. The molecule has 0 saturated heterocycles. The van der Waals surface area contributed by atoms with Crippen LogP contribution in [0, 0.1) is 12.7 Å². The molecule has 0 aliphatic rings. The predicted molar refractivity (Wildman–Crippen MR) is 75.3 cm³/mol. The second kappa shape index (κ2) is 6.26. The highest BCUT2D eigenvalue weighted by Gasteiger charge is 2.06. The fourth-order valence-corrected chi connectivity index (χ4v) is 2.00. The largest absolute Gasteiger partial charge is 0.508 e. The number of aryl methyl sites for hydroxylation is 2. The quantitative estimate of drug-likeness (QED) is 0.882. The van der Waals surface area contributed by atoms with Crippen LogP contribution in [0.15, 0.2) is 36.4 Å². The number of carboxylic acids is 1. The van der Waals surface area contributed by atoms with Crippen molar-refractivity contribution in [3.05, 3.63) is 53.3 Å².